The first kappa shape index (κ1) is 13.1. The molecule has 0 radical (unpaired) electrons. The Labute approximate surface area is 112 Å². The molecule has 7 heteroatoms. The normalized spacial score (nSPS) is 17.0. The Morgan fingerprint density at radius 1 is 1.44 bits per heavy atom. The molecule has 5 nitrogen and oxygen atoms in total. The third-order valence-corrected chi connectivity index (χ3v) is 3.57. The largest absolute Gasteiger partial charge is 0.409 e. The van der Waals surface area contributed by atoms with Crippen molar-refractivity contribution >= 4 is 27.5 Å². The fourth-order valence-electron chi connectivity index (χ4n) is 1.84. The first-order valence-electron chi connectivity index (χ1n) is 5.43. The van der Waals surface area contributed by atoms with Crippen LogP contribution >= 0.6 is 15.9 Å². The van der Waals surface area contributed by atoms with E-state index in [9.17, 15) is 4.39 Å². The van der Waals surface area contributed by atoms with E-state index in [1.807, 2.05) is 4.90 Å². The predicted octanol–water partition coefficient (Wildman–Crippen LogP) is 1.52. The summed E-state index contributed by atoms with van der Waals surface area (Å²) in [5.41, 5.74) is 6.27. The second kappa shape index (κ2) is 5.53. The van der Waals surface area contributed by atoms with Crippen molar-refractivity contribution in [2.24, 2.45) is 10.9 Å². The number of morpholine rings is 1. The summed E-state index contributed by atoms with van der Waals surface area (Å²) in [6.07, 6.45) is 0. The molecule has 3 N–H and O–H groups in total. The van der Waals surface area contributed by atoms with Crippen LogP contribution in [0.4, 0.5) is 10.1 Å². The molecule has 18 heavy (non-hydrogen) atoms. The number of amidine groups is 1. The van der Waals surface area contributed by atoms with E-state index >= 15 is 0 Å². The van der Waals surface area contributed by atoms with Crippen molar-refractivity contribution in [2.45, 2.75) is 0 Å². The van der Waals surface area contributed by atoms with Crippen LogP contribution in [0.1, 0.15) is 5.56 Å². The summed E-state index contributed by atoms with van der Waals surface area (Å²) in [4.78, 5) is 1.90. The molecule has 0 aromatic heterocycles. The lowest BCUT2D eigenvalue weighted by atomic mass is 10.1. The van der Waals surface area contributed by atoms with Crippen molar-refractivity contribution in [1.82, 2.24) is 0 Å². The number of rotatable bonds is 2. The molecule has 98 valence electrons. The molecule has 1 saturated heterocycles. The van der Waals surface area contributed by atoms with Gasteiger partial charge in [-0.2, -0.15) is 0 Å². The Bertz CT molecular complexity index is 476. The van der Waals surface area contributed by atoms with Crippen molar-refractivity contribution in [2.75, 3.05) is 31.2 Å². The van der Waals surface area contributed by atoms with Gasteiger partial charge in [0.25, 0.3) is 0 Å². The Hall–Kier alpha value is -1.34. The maximum atomic E-state index is 14.2. The fraction of sp³-hybridized carbons (Fsp3) is 0.364. The Morgan fingerprint density at radius 3 is 2.72 bits per heavy atom. The first-order valence-corrected chi connectivity index (χ1v) is 6.23. The highest BCUT2D eigenvalue weighted by atomic mass is 79.9. The minimum Gasteiger partial charge on any atom is -0.409 e. The monoisotopic (exact) mass is 317 g/mol. The molecule has 1 heterocycles. The van der Waals surface area contributed by atoms with Crippen LogP contribution in [0.3, 0.4) is 0 Å². The zero-order valence-corrected chi connectivity index (χ0v) is 11.2. The topological polar surface area (TPSA) is 71.1 Å². The average molecular weight is 318 g/mol. The molecule has 0 saturated carbocycles. The number of ether oxygens (including phenoxy) is 1. The maximum Gasteiger partial charge on any atom is 0.171 e. The predicted molar refractivity (Wildman–Crippen MR) is 69.6 cm³/mol. The molecule has 0 spiro atoms. The van der Waals surface area contributed by atoms with E-state index in [1.54, 1.807) is 12.1 Å². The Balaban J connectivity index is 2.36. The number of oxime groups is 1. The van der Waals surface area contributed by atoms with Crippen LogP contribution in [0, 0.1) is 5.82 Å². The zero-order chi connectivity index (χ0) is 13.1. The van der Waals surface area contributed by atoms with Gasteiger partial charge in [-0.3, -0.25) is 0 Å². The number of halogens is 2. The van der Waals surface area contributed by atoms with E-state index in [-0.39, 0.29) is 10.3 Å². The fourth-order valence-corrected chi connectivity index (χ4v) is 2.38. The van der Waals surface area contributed by atoms with Crippen molar-refractivity contribution < 1.29 is 14.3 Å². The van der Waals surface area contributed by atoms with Gasteiger partial charge in [0.15, 0.2) is 11.7 Å². The highest BCUT2D eigenvalue weighted by molar-refractivity contribution is 9.10. The number of benzene rings is 1. The van der Waals surface area contributed by atoms with Gasteiger partial charge < -0.3 is 20.6 Å². The van der Waals surface area contributed by atoms with Crippen LogP contribution in [-0.2, 0) is 4.74 Å². The van der Waals surface area contributed by atoms with E-state index in [4.69, 9.17) is 15.7 Å². The average Bonchev–Trinajstić information content (AvgIpc) is 2.42. The van der Waals surface area contributed by atoms with Gasteiger partial charge in [-0.05, 0) is 28.1 Å². The van der Waals surface area contributed by atoms with Gasteiger partial charge in [0, 0.05) is 18.7 Å². The Kier molecular flexibility index (Phi) is 4.03. The molecular formula is C11H13BrFN3O2. The van der Waals surface area contributed by atoms with E-state index in [0.717, 1.165) is 0 Å². The van der Waals surface area contributed by atoms with Gasteiger partial charge in [0.05, 0.1) is 23.4 Å². The van der Waals surface area contributed by atoms with E-state index < -0.39 is 5.82 Å². The molecule has 1 aliphatic heterocycles. The molecule has 0 unspecified atom stereocenters. The van der Waals surface area contributed by atoms with Gasteiger partial charge >= 0.3 is 0 Å². The standard InChI is InChI=1S/C11H13BrFN3O2/c12-9-7(11(14)15-17)1-2-8(10(9)13)16-3-5-18-6-4-16/h1-2,17H,3-6H2,(H2,14,15). The first-order chi connectivity index (χ1) is 8.65. The summed E-state index contributed by atoms with van der Waals surface area (Å²) >= 11 is 3.13. The van der Waals surface area contributed by atoms with Gasteiger partial charge in [0.1, 0.15) is 0 Å². The molecule has 2 rings (SSSR count). The number of hydrogen-bond donors (Lipinski definition) is 2. The summed E-state index contributed by atoms with van der Waals surface area (Å²) in [6, 6.07) is 3.24. The summed E-state index contributed by atoms with van der Waals surface area (Å²) in [7, 11) is 0. The summed E-state index contributed by atoms with van der Waals surface area (Å²) in [6.45, 7) is 2.46. The summed E-state index contributed by atoms with van der Waals surface area (Å²) < 4.78 is 19.6. The van der Waals surface area contributed by atoms with Crippen LogP contribution in [0.25, 0.3) is 0 Å². The van der Waals surface area contributed by atoms with Crippen molar-refractivity contribution in [3.63, 3.8) is 0 Å². The molecule has 0 atom stereocenters. The lowest BCUT2D eigenvalue weighted by molar-refractivity contribution is 0.122. The van der Waals surface area contributed by atoms with Crippen LogP contribution in [0.5, 0.6) is 0 Å². The molecule has 0 amide bonds. The van der Waals surface area contributed by atoms with Crippen molar-refractivity contribution in [3.05, 3.63) is 28.0 Å². The number of hydrogen-bond acceptors (Lipinski definition) is 4. The number of nitrogens with two attached hydrogens (primary N) is 1. The third kappa shape index (κ3) is 2.41. The van der Waals surface area contributed by atoms with Crippen LogP contribution in [0.15, 0.2) is 21.8 Å². The summed E-state index contributed by atoms with van der Waals surface area (Å²) in [5.74, 6) is -0.546. The third-order valence-electron chi connectivity index (χ3n) is 2.80. The molecule has 1 aromatic carbocycles. The smallest absolute Gasteiger partial charge is 0.171 e. The second-order valence-corrected chi connectivity index (χ2v) is 4.64. The van der Waals surface area contributed by atoms with Gasteiger partial charge in [-0.15, -0.1) is 0 Å². The number of anilines is 1. The summed E-state index contributed by atoms with van der Waals surface area (Å²) in [5, 5.41) is 11.5. The van der Waals surface area contributed by atoms with Crippen molar-refractivity contribution in [1.29, 1.82) is 0 Å². The zero-order valence-electron chi connectivity index (χ0n) is 9.57. The number of nitrogens with zero attached hydrogens (tertiary/aromatic N) is 2. The van der Waals surface area contributed by atoms with Gasteiger partial charge in [-0.25, -0.2) is 4.39 Å². The maximum absolute atomic E-state index is 14.2. The van der Waals surface area contributed by atoms with Gasteiger partial charge in [0.2, 0.25) is 0 Å². The minimum absolute atomic E-state index is 0.130. The lowest BCUT2D eigenvalue weighted by Crippen LogP contribution is -2.36. The molecule has 0 aliphatic carbocycles. The quantitative estimate of drug-likeness (QED) is 0.375. The van der Waals surface area contributed by atoms with Crippen molar-refractivity contribution in [3.8, 4) is 0 Å². The molecule has 1 aromatic rings. The van der Waals surface area contributed by atoms with Crippen LogP contribution < -0.4 is 10.6 Å². The molecule has 0 bridgehead atoms. The molecular weight excluding hydrogens is 305 g/mol. The van der Waals surface area contributed by atoms with E-state index in [2.05, 4.69) is 21.1 Å². The van der Waals surface area contributed by atoms with Crippen LogP contribution in [-0.4, -0.2) is 37.3 Å². The second-order valence-electron chi connectivity index (χ2n) is 3.84. The van der Waals surface area contributed by atoms with Gasteiger partial charge in [-0.1, -0.05) is 5.16 Å². The SMILES string of the molecule is N/C(=N/O)c1ccc(N2CCOCC2)c(F)c1Br. The van der Waals surface area contributed by atoms with E-state index in [1.165, 1.54) is 0 Å². The lowest BCUT2D eigenvalue weighted by Gasteiger charge is -2.29. The minimum atomic E-state index is -0.416. The Morgan fingerprint density at radius 2 is 2.11 bits per heavy atom. The molecule has 1 aliphatic rings. The molecule has 1 fully saturated rings. The highest BCUT2D eigenvalue weighted by Crippen LogP contribution is 2.29. The van der Waals surface area contributed by atoms with Crippen LogP contribution in [0.2, 0.25) is 0 Å². The highest BCUT2D eigenvalue weighted by Gasteiger charge is 2.19. The van der Waals surface area contributed by atoms with E-state index in [0.29, 0.717) is 37.6 Å².